The van der Waals surface area contributed by atoms with E-state index >= 15 is 0 Å². The number of nitrogens with one attached hydrogen (secondary N) is 1. The normalized spacial score (nSPS) is 11.2. The molecule has 0 fully saturated rings. The van der Waals surface area contributed by atoms with Crippen LogP contribution in [0.5, 0.6) is 11.6 Å². The maximum absolute atomic E-state index is 12.6. The molecule has 9 nitrogen and oxygen atoms in total. The molecule has 31 heavy (non-hydrogen) atoms. The number of aromatic nitrogens is 2. The second-order valence-corrected chi connectivity index (χ2v) is 8.65. The van der Waals surface area contributed by atoms with Gasteiger partial charge in [0.25, 0.3) is 10.0 Å². The molecule has 1 aromatic heterocycles. The molecule has 0 unspecified atom stereocenters. The van der Waals surface area contributed by atoms with Gasteiger partial charge in [0.05, 0.1) is 21.0 Å². The van der Waals surface area contributed by atoms with Gasteiger partial charge in [0.2, 0.25) is 11.8 Å². The first-order valence-corrected chi connectivity index (χ1v) is 11.0. The Morgan fingerprint density at radius 2 is 1.94 bits per heavy atom. The number of carbonyl (C=O) groups is 1. The van der Waals surface area contributed by atoms with Crippen molar-refractivity contribution in [3.05, 3.63) is 63.8 Å². The van der Waals surface area contributed by atoms with Gasteiger partial charge in [-0.05, 0) is 42.8 Å². The Morgan fingerprint density at radius 1 is 1.19 bits per heavy atom. The molecular formula is C19H16Cl2N4O5S. The smallest absolute Gasteiger partial charge is 0.337 e. The van der Waals surface area contributed by atoms with Crippen LogP contribution in [0, 0.1) is 0 Å². The van der Waals surface area contributed by atoms with Crippen LogP contribution in [0.3, 0.4) is 0 Å². The number of nitrogens with zero attached hydrogens (tertiary/aromatic N) is 2. The van der Waals surface area contributed by atoms with E-state index in [0.29, 0.717) is 12.0 Å². The summed E-state index contributed by atoms with van der Waals surface area (Å²) >= 11 is 12.1. The van der Waals surface area contributed by atoms with Crippen LogP contribution in [-0.4, -0.2) is 29.5 Å². The van der Waals surface area contributed by atoms with Gasteiger partial charge in [-0.1, -0.05) is 36.2 Å². The molecule has 3 rings (SSSR count). The van der Waals surface area contributed by atoms with Gasteiger partial charge in [-0.2, -0.15) is 9.97 Å². The van der Waals surface area contributed by atoms with E-state index in [2.05, 4.69) is 14.7 Å². The average Bonchev–Trinajstić information content (AvgIpc) is 2.69. The summed E-state index contributed by atoms with van der Waals surface area (Å²) in [6.45, 7) is 1.78. The zero-order valence-corrected chi connectivity index (χ0v) is 18.3. The summed E-state index contributed by atoms with van der Waals surface area (Å²) in [5.41, 5.74) is 6.15. The van der Waals surface area contributed by atoms with Crippen molar-refractivity contribution >= 4 is 50.8 Å². The van der Waals surface area contributed by atoms with E-state index in [-0.39, 0.29) is 43.9 Å². The van der Waals surface area contributed by atoms with Crippen molar-refractivity contribution in [3.8, 4) is 11.6 Å². The minimum atomic E-state index is -4.05. The van der Waals surface area contributed by atoms with Gasteiger partial charge in [0.1, 0.15) is 10.9 Å². The lowest BCUT2D eigenvalue weighted by Gasteiger charge is -2.13. The fourth-order valence-electron chi connectivity index (χ4n) is 2.57. The summed E-state index contributed by atoms with van der Waals surface area (Å²) in [5, 5.41) is 9.24. The van der Waals surface area contributed by atoms with E-state index in [0.717, 1.165) is 0 Å². The lowest BCUT2D eigenvalue weighted by atomic mass is 10.2. The number of sulfonamides is 1. The number of benzene rings is 2. The molecule has 0 aliphatic rings. The molecule has 0 spiro atoms. The van der Waals surface area contributed by atoms with Crippen LogP contribution in [-0.2, 0) is 16.4 Å². The largest absolute Gasteiger partial charge is 0.478 e. The van der Waals surface area contributed by atoms with Gasteiger partial charge in [-0.15, -0.1) is 0 Å². The van der Waals surface area contributed by atoms with Gasteiger partial charge < -0.3 is 15.6 Å². The molecule has 2 aromatic carbocycles. The highest BCUT2D eigenvalue weighted by Gasteiger charge is 2.20. The van der Waals surface area contributed by atoms with Gasteiger partial charge in [0.15, 0.2) is 0 Å². The summed E-state index contributed by atoms with van der Waals surface area (Å²) < 4.78 is 33.2. The Bertz CT molecular complexity index is 1270. The van der Waals surface area contributed by atoms with Crippen LogP contribution < -0.4 is 15.2 Å². The number of ether oxygens (including phenoxy) is 1. The molecular weight excluding hydrogens is 467 g/mol. The average molecular weight is 483 g/mol. The molecule has 0 aliphatic carbocycles. The van der Waals surface area contributed by atoms with Crippen molar-refractivity contribution in [2.45, 2.75) is 18.2 Å². The van der Waals surface area contributed by atoms with E-state index in [1.165, 1.54) is 36.4 Å². The van der Waals surface area contributed by atoms with Crippen molar-refractivity contribution in [2.75, 3.05) is 10.5 Å². The number of carboxylic acids is 1. The SMILES string of the molecule is CCc1c(Cl)nc(NS(=O)(=O)c2cccc(N)c2)nc1Oc1ccc(Cl)c(C(=O)O)c1. The Kier molecular flexibility index (Phi) is 6.54. The number of anilines is 2. The highest BCUT2D eigenvalue weighted by molar-refractivity contribution is 7.92. The molecule has 0 radical (unpaired) electrons. The van der Waals surface area contributed by atoms with Gasteiger partial charge >= 0.3 is 5.97 Å². The number of nitrogen functional groups attached to an aromatic ring is 1. The number of halogens is 2. The lowest BCUT2D eigenvalue weighted by molar-refractivity contribution is 0.0696. The minimum Gasteiger partial charge on any atom is -0.478 e. The van der Waals surface area contributed by atoms with E-state index < -0.39 is 16.0 Å². The first-order valence-electron chi connectivity index (χ1n) is 8.76. The zero-order chi connectivity index (χ0) is 22.8. The van der Waals surface area contributed by atoms with Crippen LogP contribution in [0.1, 0.15) is 22.8 Å². The summed E-state index contributed by atoms with van der Waals surface area (Å²) in [4.78, 5) is 19.3. The summed E-state index contributed by atoms with van der Waals surface area (Å²) in [6.07, 6.45) is 0.371. The fraction of sp³-hybridized carbons (Fsp3) is 0.105. The molecule has 0 atom stereocenters. The topological polar surface area (TPSA) is 144 Å². The molecule has 0 saturated heterocycles. The van der Waals surface area contributed by atoms with E-state index in [1.807, 2.05) is 0 Å². The highest BCUT2D eigenvalue weighted by Crippen LogP contribution is 2.32. The van der Waals surface area contributed by atoms with Crippen molar-refractivity contribution in [1.82, 2.24) is 9.97 Å². The van der Waals surface area contributed by atoms with Crippen molar-refractivity contribution in [3.63, 3.8) is 0 Å². The van der Waals surface area contributed by atoms with Crippen molar-refractivity contribution < 1.29 is 23.1 Å². The van der Waals surface area contributed by atoms with Gasteiger partial charge in [-0.25, -0.2) is 17.9 Å². The standard InChI is InChI=1S/C19H16Cl2N4O5S/c1-2-13-16(21)23-19(25-31(28,29)12-5-3-4-10(22)8-12)24-17(13)30-11-6-7-15(20)14(9-11)18(26)27/h3-9H,2,22H2,1H3,(H,26,27)(H,23,24,25). The Labute approximate surface area is 187 Å². The van der Waals surface area contributed by atoms with Gasteiger partial charge in [-0.3, -0.25) is 0 Å². The Morgan fingerprint density at radius 3 is 2.58 bits per heavy atom. The maximum Gasteiger partial charge on any atom is 0.337 e. The number of hydrogen-bond acceptors (Lipinski definition) is 7. The molecule has 12 heteroatoms. The lowest BCUT2D eigenvalue weighted by Crippen LogP contribution is -2.16. The molecule has 0 aliphatic heterocycles. The molecule has 1 heterocycles. The molecule has 0 bridgehead atoms. The van der Waals surface area contributed by atoms with Gasteiger partial charge in [0, 0.05) is 5.69 Å². The van der Waals surface area contributed by atoms with Crippen LogP contribution in [0.25, 0.3) is 0 Å². The van der Waals surface area contributed by atoms with Crippen LogP contribution in [0.2, 0.25) is 10.2 Å². The molecule has 0 amide bonds. The van der Waals surface area contributed by atoms with Crippen LogP contribution in [0.15, 0.2) is 47.4 Å². The van der Waals surface area contributed by atoms with Crippen LogP contribution >= 0.6 is 23.2 Å². The van der Waals surface area contributed by atoms with Crippen LogP contribution in [0.4, 0.5) is 11.6 Å². The summed E-state index contributed by atoms with van der Waals surface area (Å²) in [7, 11) is -4.05. The first kappa shape index (κ1) is 22.6. The highest BCUT2D eigenvalue weighted by atomic mass is 35.5. The van der Waals surface area contributed by atoms with Crippen molar-refractivity contribution in [2.24, 2.45) is 0 Å². The predicted molar refractivity (Wildman–Crippen MR) is 117 cm³/mol. The third-order valence-corrected chi connectivity index (χ3v) is 6.02. The second-order valence-electron chi connectivity index (χ2n) is 6.20. The van der Waals surface area contributed by atoms with E-state index in [4.69, 9.17) is 33.7 Å². The first-order chi connectivity index (χ1) is 14.6. The Hall–Kier alpha value is -3.08. The third kappa shape index (κ3) is 5.16. The zero-order valence-electron chi connectivity index (χ0n) is 16.0. The number of nitrogens with two attached hydrogens (primary N) is 1. The predicted octanol–water partition coefficient (Wildman–Crippen LogP) is 4.22. The second kappa shape index (κ2) is 8.96. The number of carboxylic acid groups (broad SMARTS) is 1. The Balaban J connectivity index is 1.99. The maximum atomic E-state index is 12.6. The van der Waals surface area contributed by atoms with Crippen molar-refractivity contribution in [1.29, 1.82) is 0 Å². The fourth-order valence-corrected chi connectivity index (χ4v) is 4.06. The molecule has 4 N–H and O–H groups in total. The molecule has 3 aromatic rings. The monoisotopic (exact) mass is 482 g/mol. The molecule has 162 valence electrons. The molecule has 0 saturated carbocycles. The summed E-state index contributed by atoms with van der Waals surface area (Å²) in [5.74, 6) is -1.48. The van der Waals surface area contributed by atoms with E-state index in [9.17, 15) is 18.3 Å². The quantitative estimate of drug-likeness (QED) is 0.335. The van der Waals surface area contributed by atoms with E-state index in [1.54, 1.807) is 13.0 Å². The summed E-state index contributed by atoms with van der Waals surface area (Å²) in [6, 6.07) is 9.71. The number of rotatable bonds is 7. The minimum absolute atomic E-state index is 0.0230. The third-order valence-electron chi connectivity index (χ3n) is 4.05. The number of hydrogen-bond donors (Lipinski definition) is 3. The number of aromatic carboxylic acids is 1.